The molecule has 13 heavy (non-hydrogen) atoms. The summed E-state index contributed by atoms with van der Waals surface area (Å²) in [6.07, 6.45) is 0.503. The van der Waals surface area contributed by atoms with Crippen LogP contribution in [0.4, 0.5) is 0 Å². The van der Waals surface area contributed by atoms with Crippen molar-refractivity contribution in [3.05, 3.63) is 35.9 Å². The van der Waals surface area contributed by atoms with Crippen LogP contribution in [0.3, 0.4) is 0 Å². The topological polar surface area (TPSA) is 60.2 Å². The van der Waals surface area contributed by atoms with Gasteiger partial charge in [-0.3, -0.25) is 0 Å². The average Bonchev–Trinajstić information content (AvgIpc) is 2.05. The van der Waals surface area contributed by atoms with E-state index in [4.69, 9.17) is 5.14 Å². The van der Waals surface area contributed by atoms with Gasteiger partial charge in [-0.05, 0) is 12.0 Å². The van der Waals surface area contributed by atoms with Crippen LogP contribution in [0.15, 0.2) is 30.3 Å². The summed E-state index contributed by atoms with van der Waals surface area (Å²) in [5.41, 5.74) is 0.757. The molecule has 1 atom stereocenters. The first-order valence-electron chi connectivity index (χ1n) is 4.12. The van der Waals surface area contributed by atoms with E-state index in [0.29, 0.717) is 6.42 Å². The molecule has 3 nitrogen and oxygen atoms in total. The minimum atomic E-state index is -3.47. The Morgan fingerprint density at radius 1 is 1.31 bits per heavy atom. The fourth-order valence-electron chi connectivity index (χ4n) is 1.33. The molecule has 2 N–H and O–H groups in total. The van der Waals surface area contributed by atoms with Crippen molar-refractivity contribution in [2.24, 2.45) is 5.14 Å². The lowest BCUT2D eigenvalue weighted by atomic mass is 10.1. The molecular formula is C9H13NO2S. The zero-order valence-electron chi connectivity index (χ0n) is 7.47. The van der Waals surface area contributed by atoms with E-state index in [1.165, 1.54) is 0 Å². The van der Waals surface area contributed by atoms with Crippen LogP contribution in [-0.4, -0.2) is 8.42 Å². The molecule has 0 heterocycles. The molecule has 0 radical (unpaired) electrons. The van der Waals surface area contributed by atoms with E-state index in [1.807, 2.05) is 25.1 Å². The van der Waals surface area contributed by atoms with Gasteiger partial charge in [-0.15, -0.1) is 0 Å². The van der Waals surface area contributed by atoms with Crippen molar-refractivity contribution in [1.29, 1.82) is 0 Å². The number of benzene rings is 1. The number of hydrogen-bond acceptors (Lipinski definition) is 2. The smallest absolute Gasteiger partial charge is 0.216 e. The highest BCUT2D eigenvalue weighted by Gasteiger charge is 2.20. The number of nitrogens with two attached hydrogens (primary N) is 1. The van der Waals surface area contributed by atoms with Crippen LogP contribution in [0.5, 0.6) is 0 Å². The lowest BCUT2D eigenvalue weighted by molar-refractivity contribution is 0.581. The number of hydrogen-bond donors (Lipinski definition) is 1. The lowest BCUT2D eigenvalue weighted by Gasteiger charge is -2.11. The molecule has 1 unspecified atom stereocenters. The highest BCUT2D eigenvalue weighted by Crippen LogP contribution is 2.22. The molecule has 0 aliphatic heterocycles. The maximum absolute atomic E-state index is 11.1. The summed E-state index contributed by atoms with van der Waals surface area (Å²) < 4.78 is 22.3. The summed E-state index contributed by atoms with van der Waals surface area (Å²) in [4.78, 5) is 0. The standard InChI is InChI=1S/C9H13NO2S/c1-2-9(13(10,11)12)8-6-4-3-5-7-8/h3-7,9H,2H2,1H3,(H2,10,11,12). The van der Waals surface area contributed by atoms with Crippen molar-refractivity contribution in [2.75, 3.05) is 0 Å². The van der Waals surface area contributed by atoms with E-state index < -0.39 is 15.3 Å². The van der Waals surface area contributed by atoms with Gasteiger partial charge in [0.25, 0.3) is 0 Å². The zero-order valence-corrected chi connectivity index (χ0v) is 8.29. The first kappa shape index (κ1) is 10.2. The number of primary sulfonamides is 1. The van der Waals surface area contributed by atoms with Gasteiger partial charge in [-0.1, -0.05) is 37.3 Å². The fourth-order valence-corrected chi connectivity index (χ4v) is 2.33. The fraction of sp³-hybridized carbons (Fsp3) is 0.333. The van der Waals surface area contributed by atoms with E-state index in [9.17, 15) is 8.42 Å². The molecule has 0 aliphatic rings. The minimum absolute atomic E-state index is 0.503. The number of sulfonamides is 1. The van der Waals surface area contributed by atoms with Gasteiger partial charge in [-0.2, -0.15) is 0 Å². The first-order valence-corrected chi connectivity index (χ1v) is 5.73. The molecule has 1 aromatic carbocycles. The Morgan fingerprint density at radius 2 is 1.85 bits per heavy atom. The molecule has 4 heteroatoms. The molecule has 0 spiro atoms. The van der Waals surface area contributed by atoms with Gasteiger partial charge in [-0.25, -0.2) is 13.6 Å². The molecule has 0 saturated heterocycles. The SMILES string of the molecule is CCC(c1ccccc1)S(N)(=O)=O. The molecule has 0 fully saturated rings. The Bertz CT molecular complexity index is 358. The molecule has 0 aliphatic carbocycles. The summed E-state index contributed by atoms with van der Waals surface area (Å²) in [6.45, 7) is 1.81. The molecule has 1 aromatic rings. The van der Waals surface area contributed by atoms with Crippen molar-refractivity contribution in [3.63, 3.8) is 0 Å². The van der Waals surface area contributed by atoms with Crippen molar-refractivity contribution in [3.8, 4) is 0 Å². The van der Waals surface area contributed by atoms with Gasteiger partial charge in [0, 0.05) is 0 Å². The molecule has 0 amide bonds. The van der Waals surface area contributed by atoms with Crippen LogP contribution in [0.2, 0.25) is 0 Å². The molecule has 1 rings (SSSR count). The highest BCUT2D eigenvalue weighted by molar-refractivity contribution is 7.89. The van der Waals surface area contributed by atoms with Crippen molar-refractivity contribution in [2.45, 2.75) is 18.6 Å². The van der Waals surface area contributed by atoms with Crippen molar-refractivity contribution < 1.29 is 8.42 Å². The lowest BCUT2D eigenvalue weighted by Crippen LogP contribution is -2.20. The van der Waals surface area contributed by atoms with Gasteiger partial charge < -0.3 is 0 Å². The Kier molecular flexibility index (Phi) is 3.06. The summed E-state index contributed by atoms with van der Waals surface area (Å²) in [5.74, 6) is 0. The third-order valence-corrected chi connectivity index (χ3v) is 3.34. The predicted octanol–water partition coefficient (Wildman–Crippen LogP) is 1.43. The minimum Gasteiger partial charge on any atom is -0.228 e. The molecule has 72 valence electrons. The van der Waals surface area contributed by atoms with E-state index in [2.05, 4.69) is 0 Å². The normalized spacial score (nSPS) is 14.0. The van der Waals surface area contributed by atoms with Crippen LogP contribution in [0.1, 0.15) is 24.2 Å². The van der Waals surface area contributed by atoms with E-state index in [-0.39, 0.29) is 0 Å². The summed E-state index contributed by atoms with van der Waals surface area (Å²) in [6, 6.07) is 9.02. The maximum atomic E-state index is 11.1. The van der Waals surface area contributed by atoms with Crippen LogP contribution in [0, 0.1) is 0 Å². The molecule has 0 saturated carbocycles. The molecule has 0 bridgehead atoms. The zero-order chi connectivity index (χ0) is 9.90. The Morgan fingerprint density at radius 3 is 2.23 bits per heavy atom. The van der Waals surface area contributed by atoms with Crippen LogP contribution in [-0.2, 0) is 10.0 Å². The van der Waals surface area contributed by atoms with Gasteiger partial charge in [0.1, 0.15) is 0 Å². The van der Waals surface area contributed by atoms with Crippen LogP contribution in [0.25, 0.3) is 0 Å². The van der Waals surface area contributed by atoms with Crippen molar-refractivity contribution in [1.82, 2.24) is 0 Å². The van der Waals surface area contributed by atoms with Crippen LogP contribution < -0.4 is 5.14 Å². The van der Waals surface area contributed by atoms with E-state index in [0.717, 1.165) is 5.56 Å². The Labute approximate surface area is 78.6 Å². The monoisotopic (exact) mass is 199 g/mol. The predicted molar refractivity (Wildman–Crippen MR) is 52.6 cm³/mol. The third kappa shape index (κ3) is 2.54. The number of rotatable bonds is 3. The first-order chi connectivity index (χ1) is 6.05. The second-order valence-corrected chi connectivity index (χ2v) is 4.64. The quantitative estimate of drug-likeness (QED) is 0.800. The largest absolute Gasteiger partial charge is 0.228 e. The summed E-state index contributed by atoms with van der Waals surface area (Å²) >= 11 is 0. The average molecular weight is 199 g/mol. The molecule has 0 aromatic heterocycles. The maximum Gasteiger partial charge on any atom is 0.216 e. The van der Waals surface area contributed by atoms with Crippen LogP contribution >= 0.6 is 0 Å². The van der Waals surface area contributed by atoms with Gasteiger partial charge in [0.05, 0.1) is 5.25 Å². The van der Waals surface area contributed by atoms with Crippen molar-refractivity contribution >= 4 is 10.0 Å². The summed E-state index contributed by atoms with van der Waals surface area (Å²) in [5, 5.41) is 4.52. The Hall–Kier alpha value is -0.870. The molecular weight excluding hydrogens is 186 g/mol. The van der Waals surface area contributed by atoms with Gasteiger partial charge >= 0.3 is 0 Å². The Balaban J connectivity index is 3.06. The summed E-state index contributed by atoms with van der Waals surface area (Å²) in [7, 11) is -3.47. The van der Waals surface area contributed by atoms with E-state index >= 15 is 0 Å². The third-order valence-electron chi connectivity index (χ3n) is 1.94. The van der Waals surface area contributed by atoms with Gasteiger partial charge in [0.15, 0.2) is 0 Å². The van der Waals surface area contributed by atoms with E-state index in [1.54, 1.807) is 12.1 Å². The second-order valence-electron chi connectivity index (χ2n) is 2.90. The highest BCUT2D eigenvalue weighted by atomic mass is 32.2. The van der Waals surface area contributed by atoms with Gasteiger partial charge in [0.2, 0.25) is 10.0 Å². The second kappa shape index (κ2) is 3.89.